The molecule has 0 aliphatic rings. The molecule has 1 atom stereocenters. The molecule has 15 heavy (non-hydrogen) atoms. The highest BCUT2D eigenvalue weighted by Gasteiger charge is 2.35. The first-order valence-electron chi connectivity index (χ1n) is 4.14. The molecule has 1 unspecified atom stereocenters. The standard InChI is InChI=1S/C10H8F4O/c1-6(15)9(11)7-4-2-3-5-8(7)10(12,13)14/h2-5,9H,1H3. The fourth-order valence-electron chi connectivity index (χ4n) is 1.20. The average Bonchev–Trinajstić information content (AvgIpc) is 2.15. The normalized spacial score (nSPS) is 13.7. The molecule has 0 aliphatic carbocycles. The number of hydrogen-bond donors (Lipinski definition) is 0. The Morgan fingerprint density at radius 2 is 1.80 bits per heavy atom. The van der Waals surface area contributed by atoms with Crippen molar-refractivity contribution in [2.24, 2.45) is 0 Å². The summed E-state index contributed by atoms with van der Waals surface area (Å²) < 4.78 is 50.4. The number of alkyl halides is 4. The smallest absolute Gasteiger partial charge is 0.296 e. The quantitative estimate of drug-likeness (QED) is 0.699. The van der Waals surface area contributed by atoms with E-state index in [4.69, 9.17) is 0 Å². The van der Waals surface area contributed by atoms with E-state index in [9.17, 15) is 22.4 Å². The number of ketones is 1. The number of rotatable bonds is 2. The van der Waals surface area contributed by atoms with E-state index in [-0.39, 0.29) is 0 Å². The third-order valence-corrected chi connectivity index (χ3v) is 1.90. The fourth-order valence-corrected chi connectivity index (χ4v) is 1.20. The van der Waals surface area contributed by atoms with Crippen molar-refractivity contribution in [3.8, 4) is 0 Å². The first kappa shape index (κ1) is 11.7. The molecule has 0 saturated carbocycles. The molecule has 0 heterocycles. The van der Waals surface area contributed by atoms with Crippen molar-refractivity contribution in [1.82, 2.24) is 0 Å². The number of benzene rings is 1. The summed E-state index contributed by atoms with van der Waals surface area (Å²) in [6, 6.07) is 4.14. The highest BCUT2D eigenvalue weighted by atomic mass is 19.4. The summed E-state index contributed by atoms with van der Waals surface area (Å²) in [4.78, 5) is 10.7. The van der Waals surface area contributed by atoms with Crippen LogP contribution in [-0.4, -0.2) is 5.78 Å². The van der Waals surface area contributed by atoms with Gasteiger partial charge in [-0.05, 0) is 13.0 Å². The maximum Gasteiger partial charge on any atom is 0.416 e. The summed E-state index contributed by atoms with van der Waals surface area (Å²) >= 11 is 0. The maximum absolute atomic E-state index is 13.2. The number of carbonyl (C=O) groups excluding carboxylic acids is 1. The average molecular weight is 220 g/mol. The lowest BCUT2D eigenvalue weighted by Gasteiger charge is -2.13. The number of carbonyl (C=O) groups is 1. The summed E-state index contributed by atoms with van der Waals surface area (Å²) in [6.07, 6.45) is -6.86. The Kier molecular flexibility index (Phi) is 3.12. The van der Waals surface area contributed by atoms with E-state index < -0.39 is 29.3 Å². The first-order valence-corrected chi connectivity index (χ1v) is 4.14. The SMILES string of the molecule is CC(=O)C(F)c1ccccc1C(F)(F)F. The first-order chi connectivity index (χ1) is 6.84. The Morgan fingerprint density at radius 3 is 2.27 bits per heavy atom. The monoisotopic (exact) mass is 220 g/mol. The van der Waals surface area contributed by atoms with E-state index in [2.05, 4.69) is 0 Å². The Balaban J connectivity index is 3.24. The van der Waals surface area contributed by atoms with Crippen molar-refractivity contribution in [2.45, 2.75) is 19.3 Å². The topological polar surface area (TPSA) is 17.1 Å². The van der Waals surface area contributed by atoms with Crippen LogP contribution in [0.4, 0.5) is 17.6 Å². The van der Waals surface area contributed by atoms with Crippen LogP contribution in [0.25, 0.3) is 0 Å². The second-order valence-corrected chi connectivity index (χ2v) is 3.06. The van der Waals surface area contributed by atoms with Crippen molar-refractivity contribution in [3.63, 3.8) is 0 Å². The molecule has 0 aromatic heterocycles. The van der Waals surface area contributed by atoms with Crippen LogP contribution in [0, 0.1) is 0 Å². The van der Waals surface area contributed by atoms with Crippen LogP contribution < -0.4 is 0 Å². The molecule has 0 fully saturated rings. The summed E-state index contributed by atoms with van der Waals surface area (Å²) in [7, 11) is 0. The molecular weight excluding hydrogens is 212 g/mol. The van der Waals surface area contributed by atoms with Gasteiger partial charge in [0.05, 0.1) is 5.56 Å². The van der Waals surface area contributed by atoms with E-state index >= 15 is 0 Å². The van der Waals surface area contributed by atoms with E-state index in [0.717, 1.165) is 25.1 Å². The zero-order valence-corrected chi connectivity index (χ0v) is 7.81. The van der Waals surface area contributed by atoms with Gasteiger partial charge in [0, 0.05) is 5.56 Å². The van der Waals surface area contributed by atoms with Gasteiger partial charge in [-0.3, -0.25) is 4.79 Å². The Morgan fingerprint density at radius 1 is 1.27 bits per heavy atom. The molecule has 1 nitrogen and oxygen atoms in total. The van der Waals surface area contributed by atoms with Crippen molar-refractivity contribution >= 4 is 5.78 Å². The van der Waals surface area contributed by atoms with Crippen molar-refractivity contribution in [1.29, 1.82) is 0 Å². The summed E-state index contributed by atoms with van der Waals surface area (Å²) in [5.74, 6) is -0.938. The lowest BCUT2D eigenvalue weighted by atomic mass is 10.0. The van der Waals surface area contributed by atoms with E-state index in [1.165, 1.54) is 6.07 Å². The highest BCUT2D eigenvalue weighted by Crippen LogP contribution is 2.35. The van der Waals surface area contributed by atoms with Gasteiger partial charge in [0.25, 0.3) is 0 Å². The fraction of sp³-hybridized carbons (Fsp3) is 0.300. The van der Waals surface area contributed by atoms with Crippen LogP contribution in [0.5, 0.6) is 0 Å². The molecule has 0 spiro atoms. The number of halogens is 4. The minimum atomic E-state index is -4.64. The van der Waals surface area contributed by atoms with E-state index in [1.807, 2.05) is 0 Å². The Bertz CT molecular complexity index is 370. The molecule has 0 aliphatic heterocycles. The molecule has 1 aromatic rings. The lowest BCUT2D eigenvalue weighted by Crippen LogP contribution is -2.13. The third-order valence-electron chi connectivity index (χ3n) is 1.90. The van der Waals surface area contributed by atoms with Gasteiger partial charge in [-0.1, -0.05) is 18.2 Å². The molecule has 0 N–H and O–H groups in total. The molecule has 5 heteroatoms. The van der Waals surface area contributed by atoms with Gasteiger partial charge < -0.3 is 0 Å². The largest absolute Gasteiger partial charge is 0.416 e. The molecule has 0 bridgehead atoms. The summed E-state index contributed by atoms with van der Waals surface area (Å²) in [6.45, 7) is 0.915. The van der Waals surface area contributed by atoms with Gasteiger partial charge in [0.1, 0.15) is 0 Å². The molecular formula is C10H8F4O. The molecule has 82 valence electrons. The molecule has 0 saturated heterocycles. The minimum Gasteiger partial charge on any atom is -0.296 e. The molecule has 1 aromatic carbocycles. The van der Waals surface area contributed by atoms with Crippen LogP contribution in [0.15, 0.2) is 24.3 Å². The number of hydrogen-bond acceptors (Lipinski definition) is 1. The van der Waals surface area contributed by atoms with Crippen LogP contribution in [0.2, 0.25) is 0 Å². The third kappa shape index (κ3) is 2.55. The summed E-state index contributed by atoms with van der Waals surface area (Å²) in [5, 5.41) is 0. The van der Waals surface area contributed by atoms with Crippen LogP contribution >= 0.6 is 0 Å². The van der Waals surface area contributed by atoms with Crippen molar-refractivity contribution in [2.75, 3.05) is 0 Å². The van der Waals surface area contributed by atoms with Crippen LogP contribution in [-0.2, 0) is 11.0 Å². The van der Waals surface area contributed by atoms with Crippen molar-refractivity contribution in [3.05, 3.63) is 35.4 Å². The van der Waals surface area contributed by atoms with Gasteiger partial charge in [-0.15, -0.1) is 0 Å². The second kappa shape index (κ2) is 4.00. The number of Topliss-reactive ketones (excluding diaryl/α,β-unsaturated/α-hetero) is 1. The van der Waals surface area contributed by atoms with Crippen LogP contribution in [0.1, 0.15) is 24.2 Å². The Labute approximate surface area is 83.7 Å². The predicted octanol–water partition coefficient (Wildman–Crippen LogP) is 3.31. The van der Waals surface area contributed by atoms with Gasteiger partial charge in [-0.2, -0.15) is 13.2 Å². The van der Waals surface area contributed by atoms with E-state index in [0.29, 0.717) is 0 Å². The summed E-state index contributed by atoms with van der Waals surface area (Å²) in [5.41, 5.74) is -1.73. The Hall–Kier alpha value is -1.39. The van der Waals surface area contributed by atoms with Crippen molar-refractivity contribution < 1.29 is 22.4 Å². The predicted molar refractivity (Wildman–Crippen MR) is 46.0 cm³/mol. The van der Waals surface area contributed by atoms with Gasteiger partial charge in [0.15, 0.2) is 12.0 Å². The maximum atomic E-state index is 13.2. The highest BCUT2D eigenvalue weighted by molar-refractivity contribution is 5.82. The van der Waals surface area contributed by atoms with Crippen LogP contribution in [0.3, 0.4) is 0 Å². The second-order valence-electron chi connectivity index (χ2n) is 3.06. The lowest BCUT2D eigenvalue weighted by molar-refractivity contribution is -0.139. The van der Waals surface area contributed by atoms with Gasteiger partial charge >= 0.3 is 6.18 Å². The van der Waals surface area contributed by atoms with Gasteiger partial charge in [-0.25, -0.2) is 4.39 Å². The van der Waals surface area contributed by atoms with Gasteiger partial charge in [0.2, 0.25) is 0 Å². The molecule has 0 amide bonds. The zero-order chi connectivity index (χ0) is 11.6. The molecule has 1 rings (SSSR count). The zero-order valence-electron chi connectivity index (χ0n) is 7.81. The van der Waals surface area contributed by atoms with E-state index in [1.54, 1.807) is 0 Å². The minimum absolute atomic E-state index is 0.627. The molecule has 0 radical (unpaired) electrons.